The Hall–Kier alpha value is -2.11. The van der Waals surface area contributed by atoms with Crippen molar-refractivity contribution in [1.82, 2.24) is 10.3 Å². The first kappa shape index (κ1) is 15.3. The first-order valence-electron chi connectivity index (χ1n) is 5.96. The average Bonchev–Trinajstić information content (AvgIpc) is 2.48. The molecule has 7 heteroatoms. The number of carbonyl (C=O) groups is 2. The Bertz CT molecular complexity index is 704. The summed E-state index contributed by atoms with van der Waals surface area (Å²) < 4.78 is 0. The fourth-order valence-electron chi connectivity index (χ4n) is 1.66. The van der Waals surface area contributed by atoms with E-state index in [-0.39, 0.29) is 22.5 Å². The van der Waals surface area contributed by atoms with Crippen molar-refractivity contribution in [3.8, 4) is 0 Å². The molecule has 0 bridgehead atoms. The zero-order chi connectivity index (χ0) is 15.4. The molecule has 0 atom stereocenters. The molecule has 5 nitrogen and oxygen atoms in total. The van der Waals surface area contributed by atoms with Gasteiger partial charge in [-0.05, 0) is 30.3 Å². The Balaban J connectivity index is 2.24. The van der Waals surface area contributed by atoms with Crippen molar-refractivity contribution in [3.05, 3.63) is 57.8 Å². The number of rotatable bonds is 3. The maximum absolute atomic E-state index is 12.1. The van der Waals surface area contributed by atoms with Gasteiger partial charge in [0.05, 0.1) is 10.6 Å². The smallest absolute Gasteiger partial charge is 0.255 e. The number of carbonyl (C=O) groups excluding carboxylic acids is 2. The van der Waals surface area contributed by atoms with Crippen molar-refractivity contribution in [1.29, 1.82) is 0 Å². The summed E-state index contributed by atoms with van der Waals surface area (Å²) in [6, 6.07) is 7.64. The van der Waals surface area contributed by atoms with Crippen LogP contribution < -0.4 is 10.6 Å². The lowest BCUT2D eigenvalue weighted by molar-refractivity contribution is 0.0961. The highest BCUT2D eigenvalue weighted by atomic mass is 35.5. The highest BCUT2D eigenvalue weighted by molar-refractivity contribution is 6.34. The van der Waals surface area contributed by atoms with Gasteiger partial charge in [0.2, 0.25) is 0 Å². The molecular weight excluding hydrogens is 313 g/mol. The van der Waals surface area contributed by atoms with Gasteiger partial charge < -0.3 is 10.6 Å². The summed E-state index contributed by atoms with van der Waals surface area (Å²) in [5.41, 5.74) is 1.10. The molecule has 0 spiro atoms. The second-order valence-corrected chi connectivity index (χ2v) is 4.89. The molecule has 2 aromatic rings. The molecule has 0 radical (unpaired) electrons. The van der Waals surface area contributed by atoms with Crippen molar-refractivity contribution < 1.29 is 9.59 Å². The van der Waals surface area contributed by atoms with Gasteiger partial charge >= 0.3 is 0 Å². The van der Waals surface area contributed by atoms with Gasteiger partial charge in [0.15, 0.2) is 0 Å². The zero-order valence-electron chi connectivity index (χ0n) is 11.0. The third kappa shape index (κ3) is 3.71. The van der Waals surface area contributed by atoms with Gasteiger partial charge in [0, 0.05) is 24.5 Å². The molecule has 1 heterocycles. The van der Waals surface area contributed by atoms with Gasteiger partial charge in [0.25, 0.3) is 11.8 Å². The molecular formula is C14H11Cl2N3O2. The van der Waals surface area contributed by atoms with Gasteiger partial charge in [-0.3, -0.25) is 9.59 Å². The second kappa shape index (κ2) is 6.56. The van der Waals surface area contributed by atoms with E-state index in [9.17, 15) is 9.59 Å². The van der Waals surface area contributed by atoms with Crippen molar-refractivity contribution in [2.24, 2.45) is 0 Å². The molecule has 1 aromatic heterocycles. The fourth-order valence-corrected chi connectivity index (χ4v) is 2.04. The number of hydrogen-bond acceptors (Lipinski definition) is 3. The molecule has 2 N–H and O–H groups in total. The third-order valence-electron chi connectivity index (χ3n) is 2.68. The number of anilines is 1. The number of nitrogens with one attached hydrogen (secondary N) is 2. The maximum atomic E-state index is 12.1. The van der Waals surface area contributed by atoms with Gasteiger partial charge in [-0.15, -0.1) is 0 Å². The summed E-state index contributed by atoms with van der Waals surface area (Å²) >= 11 is 11.7. The van der Waals surface area contributed by atoms with Crippen LogP contribution >= 0.6 is 23.2 Å². The lowest BCUT2D eigenvalue weighted by Gasteiger charge is -2.08. The Morgan fingerprint density at radius 2 is 1.86 bits per heavy atom. The molecule has 21 heavy (non-hydrogen) atoms. The number of aromatic nitrogens is 1. The predicted octanol–water partition coefficient (Wildman–Crippen LogP) is 3.00. The van der Waals surface area contributed by atoms with Crippen LogP contribution in [0.15, 0.2) is 36.5 Å². The standard InChI is InChI=1S/C14H11Cl2N3O2/c1-17-14(21)10-7-9(2-3-11(10)15)19-13(20)8-4-5-18-12(16)6-8/h2-7H,1H3,(H,17,21)(H,19,20). The molecule has 0 saturated carbocycles. The number of benzene rings is 1. The van der Waals surface area contributed by atoms with Crippen LogP contribution in [-0.2, 0) is 0 Å². The summed E-state index contributed by atoms with van der Waals surface area (Å²) in [6.45, 7) is 0. The molecule has 108 valence electrons. The SMILES string of the molecule is CNC(=O)c1cc(NC(=O)c2ccnc(Cl)c2)ccc1Cl. The molecule has 0 aliphatic rings. The van der Waals surface area contributed by atoms with E-state index in [1.165, 1.54) is 31.4 Å². The molecule has 0 unspecified atom stereocenters. The van der Waals surface area contributed by atoms with Crippen molar-refractivity contribution in [2.75, 3.05) is 12.4 Å². The van der Waals surface area contributed by atoms with Crippen LogP contribution in [0.5, 0.6) is 0 Å². The fraction of sp³-hybridized carbons (Fsp3) is 0.0714. The summed E-state index contributed by atoms with van der Waals surface area (Å²) in [5.74, 6) is -0.687. The van der Waals surface area contributed by atoms with Crippen LogP contribution in [0.25, 0.3) is 0 Å². The maximum Gasteiger partial charge on any atom is 0.255 e. The number of pyridine rings is 1. The second-order valence-electron chi connectivity index (χ2n) is 4.10. The first-order valence-corrected chi connectivity index (χ1v) is 6.71. The van der Waals surface area contributed by atoms with E-state index in [2.05, 4.69) is 15.6 Å². The minimum atomic E-state index is -0.357. The lowest BCUT2D eigenvalue weighted by Crippen LogP contribution is -2.19. The third-order valence-corrected chi connectivity index (χ3v) is 3.22. The van der Waals surface area contributed by atoms with Gasteiger partial charge in [0.1, 0.15) is 5.15 Å². The van der Waals surface area contributed by atoms with E-state index in [1.54, 1.807) is 12.1 Å². The average molecular weight is 324 g/mol. The van der Waals surface area contributed by atoms with Crippen LogP contribution in [0.3, 0.4) is 0 Å². The number of halogens is 2. The Morgan fingerprint density at radius 3 is 2.52 bits per heavy atom. The van der Waals surface area contributed by atoms with E-state index in [1.807, 2.05) is 0 Å². The largest absolute Gasteiger partial charge is 0.355 e. The minimum absolute atomic E-state index is 0.227. The molecule has 1 aromatic carbocycles. The zero-order valence-corrected chi connectivity index (χ0v) is 12.5. The van der Waals surface area contributed by atoms with Crippen LogP contribution in [-0.4, -0.2) is 23.8 Å². The minimum Gasteiger partial charge on any atom is -0.355 e. The van der Waals surface area contributed by atoms with Crippen molar-refractivity contribution >= 4 is 40.7 Å². The van der Waals surface area contributed by atoms with Gasteiger partial charge in [-0.1, -0.05) is 23.2 Å². The van der Waals surface area contributed by atoms with E-state index in [0.717, 1.165) is 0 Å². The monoisotopic (exact) mass is 323 g/mol. The molecule has 2 amide bonds. The van der Waals surface area contributed by atoms with E-state index in [4.69, 9.17) is 23.2 Å². The first-order chi connectivity index (χ1) is 10.0. The van der Waals surface area contributed by atoms with Crippen molar-refractivity contribution in [3.63, 3.8) is 0 Å². The van der Waals surface area contributed by atoms with Crippen LogP contribution in [0.2, 0.25) is 10.2 Å². The summed E-state index contributed by atoms with van der Waals surface area (Å²) in [6.07, 6.45) is 1.44. The summed E-state index contributed by atoms with van der Waals surface area (Å²) in [5, 5.41) is 5.68. The van der Waals surface area contributed by atoms with Crippen LogP contribution in [0.4, 0.5) is 5.69 Å². The molecule has 2 rings (SSSR count). The highest BCUT2D eigenvalue weighted by Gasteiger charge is 2.12. The van der Waals surface area contributed by atoms with Crippen molar-refractivity contribution in [2.45, 2.75) is 0 Å². The normalized spacial score (nSPS) is 10.0. The summed E-state index contributed by atoms with van der Waals surface area (Å²) in [4.78, 5) is 27.5. The topological polar surface area (TPSA) is 71.1 Å². The number of nitrogens with zero attached hydrogens (tertiary/aromatic N) is 1. The number of amides is 2. The number of hydrogen-bond donors (Lipinski definition) is 2. The lowest BCUT2D eigenvalue weighted by atomic mass is 10.1. The van der Waals surface area contributed by atoms with Crippen LogP contribution in [0, 0.1) is 0 Å². The predicted molar refractivity (Wildman–Crippen MR) is 82.0 cm³/mol. The molecule has 0 saturated heterocycles. The Labute approximate surface area is 131 Å². The Kier molecular flexibility index (Phi) is 4.77. The van der Waals surface area contributed by atoms with E-state index in [0.29, 0.717) is 16.3 Å². The molecule has 0 aliphatic heterocycles. The quantitative estimate of drug-likeness (QED) is 0.853. The summed E-state index contributed by atoms with van der Waals surface area (Å²) in [7, 11) is 1.50. The van der Waals surface area contributed by atoms with E-state index >= 15 is 0 Å². The molecule has 0 fully saturated rings. The van der Waals surface area contributed by atoms with Gasteiger partial charge in [-0.25, -0.2) is 4.98 Å². The molecule has 0 aliphatic carbocycles. The van der Waals surface area contributed by atoms with E-state index < -0.39 is 0 Å². The van der Waals surface area contributed by atoms with Crippen LogP contribution in [0.1, 0.15) is 20.7 Å². The highest BCUT2D eigenvalue weighted by Crippen LogP contribution is 2.21. The Morgan fingerprint density at radius 1 is 1.10 bits per heavy atom. The van der Waals surface area contributed by atoms with Gasteiger partial charge in [-0.2, -0.15) is 0 Å².